The Kier molecular flexibility index (Phi) is 7.95. The Balaban J connectivity index is 1.92. The van der Waals surface area contributed by atoms with Crippen molar-refractivity contribution in [2.45, 2.75) is 6.61 Å². The molecule has 4 rings (SSSR count). The van der Waals surface area contributed by atoms with Gasteiger partial charge >= 0.3 is 5.97 Å². The van der Waals surface area contributed by atoms with Crippen LogP contribution in [0.1, 0.15) is 16.1 Å². The number of hydrogen-bond donors (Lipinski definition) is 3. The van der Waals surface area contributed by atoms with Gasteiger partial charge in [-0.15, -0.1) is 0 Å². The smallest absolute Gasteiger partial charge is 0.355 e. The van der Waals surface area contributed by atoms with Gasteiger partial charge in [0.25, 0.3) is 0 Å². The number of pyridine rings is 1. The van der Waals surface area contributed by atoms with Crippen molar-refractivity contribution in [1.29, 1.82) is 0 Å². The normalized spacial score (nSPS) is 10.7. The monoisotopic (exact) mass is 504 g/mol. The van der Waals surface area contributed by atoms with Crippen LogP contribution in [0.2, 0.25) is 0 Å². The minimum Gasteiger partial charge on any atom is -0.493 e. The molecule has 9 heteroatoms. The Morgan fingerprint density at radius 1 is 0.919 bits per heavy atom. The Labute approximate surface area is 214 Å². The van der Waals surface area contributed by atoms with Crippen LogP contribution in [0.5, 0.6) is 23.0 Å². The summed E-state index contributed by atoms with van der Waals surface area (Å²) < 4.78 is 22.4. The highest BCUT2D eigenvalue weighted by Crippen LogP contribution is 2.44. The minimum atomic E-state index is -1.21. The van der Waals surface area contributed by atoms with Gasteiger partial charge in [-0.1, -0.05) is 30.3 Å². The predicted octanol–water partition coefficient (Wildman–Crippen LogP) is 4.61. The zero-order chi connectivity index (χ0) is 26.4. The van der Waals surface area contributed by atoms with E-state index in [-0.39, 0.29) is 18.8 Å². The highest BCUT2D eigenvalue weighted by atomic mass is 16.5. The van der Waals surface area contributed by atoms with Gasteiger partial charge in [-0.3, -0.25) is 0 Å². The Morgan fingerprint density at radius 3 is 2.22 bits per heavy atom. The number of carbonyl (C=O) groups is 1. The lowest BCUT2D eigenvalue weighted by Crippen LogP contribution is -2.12. The lowest BCUT2D eigenvalue weighted by Gasteiger charge is -2.18. The van der Waals surface area contributed by atoms with Crippen LogP contribution in [0, 0.1) is 0 Å². The molecule has 37 heavy (non-hydrogen) atoms. The molecule has 0 saturated carbocycles. The van der Waals surface area contributed by atoms with Gasteiger partial charge < -0.3 is 34.5 Å². The molecule has 0 unspecified atom stereocenters. The van der Waals surface area contributed by atoms with E-state index in [1.165, 1.54) is 21.3 Å². The molecule has 4 aromatic rings. The van der Waals surface area contributed by atoms with E-state index >= 15 is 0 Å². The number of rotatable bonds is 11. The number of benzene rings is 3. The molecule has 0 saturated heterocycles. The molecule has 0 spiro atoms. The van der Waals surface area contributed by atoms with Crippen LogP contribution in [0.15, 0.2) is 60.7 Å². The van der Waals surface area contributed by atoms with Gasteiger partial charge in [0.05, 0.1) is 27.9 Å². The number of fused-ring (bicyclic) bond motifs is 1. The fraction of sp³-hybridized carbons (Fsp3) is 0.214. The molecule has 0 amide bonds. The first kappa shape index (κ1) is 25.6. The number of hydrogen-bond acceptors (Lipinski definition) is 8. The number of ether oxygens (including phenoxy) is 4. The molecule has 1 aromatic heterocycles. The van der Waals surface area contributed by atoms with E-state index in [4.69, 9.17) is 18.9 Å². The summed E-state index contributed by atoms with van der Waals surface area (Å²) in [5, 5.41) is 23.8. The molecule has 3 N–H and O–H groups in total. The quantitative estimate of drug-likeness (QED) is 0.269. The van der Waals surface area contributed by atoms with Crippen LogP contribution in [0.4, 0.5) is 5.82 Å². The number of nitrogens with zero attached hydrogens (tertiary/aromatic N) is 1. The maximum absolute atomic E-state index is 12.4. The summed E-state index contributed by atoms with van der Waals surface area (Å²) in [7, 11) is 4.49. The van der Waals surface area contributed by atoms with Gasteiger partial charge in [-0.05, 0) is 46.8 Å². The fourth-order valence-electron chi connectivity index (χ4n) is 4.10. The zero-order valence-electron chi connectivity index (χ0n) is 20.8. The van der Waals surface area contributed by atoms with Gasteiger partial charge in [0.15, 0.2) is 17.2 Å². The molecule has 0 bridgehead atoms. The van der Waals surface area contributed by atoms with Gasteiger partial charge in [0.1, 0.15) is 18.2 Å². The van der Waals surface area contributed by atoms with Crippen molar-refractivity contribution in [2.24, 2.45) is 0 Å². The number of aromatic nitrogens is 1. The molecule has 192 valence electrons. The molecular weight excluding hydrogens is 476 g/mol. The number of aromatic carboxylic acids is 1. The number of nitrogens with one attached hydrogen (secondary N) is 1. The summed E-state index contributed by atoms with van der Waals surface area (Å²) in [6, 6.07) is 18.5. The molecule has 0 aliphatic carbocycles. The summed E-state index contributed by atoms with van der Waals surface area (Å²) >= 11 is 0. The van der Waals surface area contributed by atoms with Gasteiger partial charge in [0, 0.05) is 17.5 Å². The van der Waals surface area contributed by atoms with Crippen molar-refractivity contribution in [2.75, 3.05) is 39.8 Å². The van der Waals surface area contributed by atoms with E-state index in [2.05, 4.69) is 10.3 Å². The minimum absolute atomic E-state index is 0.148. The highest BCUT2D eigenvalue weighted by Gasteiger charge is 2.24. The van der Waals surface area contributed by atoms with Crippen LogP contribution < -0.4 is 24.3 Å². The van der Waals surface area contributed by atoms with Crippen LogP contribution in [-0.4, -0.2) is 55.6 Å². The number of anilines is 1. The van der Waals surface area contributed by atoms with Crippen molar-refractivity contribution in [3.05, 3.63) is 71.9 Å². The van der Waals surface area contributed by atoms with Crippen LogP contribution >= 0.6 is 0 Å². The van der Waals surface area contributed by atoms with Crippen molar-refractivity contribution in [3.8, 4) is 34.1 Å². The van der Waals surface area contributed by atoms with Crippen molar-refractivity contribution in [3.63, 3.8) is 0 Å². The first-order chi connectivity index (χ1) is 18.0. The Bertz CT molecular complexity index is 1380. The van der Waals surface area contributed by atoms with Crippen molar-refractivity contribution < 1.29 is 34.0 Å². The molecule has 0 fully saturated rings. The van der Waals surface area contributed by atoms with Crippen LogP contribution in [0.25, 0.3) is 21.9 Å². The predicted molar refractivity (Wildman–Crippen MR) is 140 cm³/mol. The zero-order valence-corrected chi connectivity index (χ0v) is 20.8. The number of aliphatic hydroxyl groups is 1. The van der Waals surface area contributed by atoms with Crippen molar-refractivity contribution in [1.82, 2.24) is 4.98 Å². The van der Waals surface area contributed by atoms with E-state index in [9.17, 15) is 15.0 Å². The van der Waals surface area contributed by atoms with Gasteiger partial charge in [-0.25, -0.2) is 9.78 Å². The van der Waals surface area contributed by atoms with Crippen LogP contribution in [0.3, 0.4) is 0 Å². The maximum Gasteiger partial charge on any atom is 0.355 e. The molecular formula is C28H28N2O7. The highest BCUT2D eigenvalue weighted by molar-refractivity contribution is 6.10. The summed E-state index contributed by atoms with van der Waals surface area (Å²) in [6.45, 7) is 0.413. The number of carboxylic acid groups (broad SMARTS) is 1. The molecule has 3 aromatic carbocycles. The third-order valence-corrected chi connectivity index (χ3v) is 5.78. The lowest BCUT2D eigenvalue weighted by molar-refractivity contribution is 0.0691. The molecule has 0 atom stereocenters. The fourth-order valence-corrected chi connectivity index (χ4v) is 4.10. The van der Waals surface area contributed by atoms with Crippen molar-refractivity contribution >= 4 is 22.6 Å². The van der Waals surface area contributed by atoms with E-state index < -0.39 is 5.97 Å². The number of methoxy groups -OCH3 is 3. The SMILES string of the molecule is COc1cc(-c2c(C(=O)O)nc(NCCO)c3cc(OCc4ccccc4)ccc23)cc(OC)c1OC. The third kappa shape index (κ3) is 5.36. The summed E-state index contributed by atoms with van der Waals surface area (Å²) in [5.41, 5.74) is 1.75. The summed E-state index contributed by atoms with van der Waals surface area (Å²) in [5.74, 6) is 0.855. The van der Waals surface area contributed by atoms with Crippen LogP contribution in [-0.2, 0) is 6.61 Å². The largest absolute Gasteiger partial charge is 0.493 e. The van der Waals surface area contributed by atoms with E-state index in [1.807, 2.05) is 30.3 Å². The standard InChI is InChI=1S/C28H28N2O7/c1-34-22-13-18(14-23(35-2)26(22)36-3)24-20-10-9-19(37-16-17-7-5-4-6-8-17)15-21(20)27(29-11-12-31)30-25(24)28(32)33/h4-10,13-15,31H,11-12,16H2,1-3H3,(H,29,30)(H,32,33). The first-order valence-electron chi connectivity index (χ1n) is 11.5. The lowest BCUT2D eigenvalue weighted by atomic mass is 9.95. The third-order valence-electron chi connectivity index (χ3n) is 5.78. The average molecular weight is 505 g/mol. The van der Waals surface area contributed by atoms with E-state index in [0.717, 1.165) is 5.56 Å². The molecule has 9 nitrogen and oxygen atoms in total. The molecule has 0 aliphatic heterocycles. The first-order valence-corrected chi connectivity index (χ1v) is 11.5. The summed E-state index contributed by atoms with van der Waals surface area (Å²) in [6.07, 6.45) is 0. The molecule has 1 heterocycles. The molecule has 0 aliphatic rings. The second-order valence-electron chi connectivity index (χ2n) is 8.04. The second-order valence-corrected chi connectivity index (χ2v) is 8.04. The second kappa shape index (κ2) is 11.5. The molecule has 0 radical (unpaired) electrons. The van der Waals surface area contributed by atoms with Gasteiger partial charge in [-0.2, -0.15) is 0 Å². The Hall–Kier alpha value is -4.50. The van der Waals surface area contributed by atoms with E-state index in [0.29, 0.717) is 57.3 Å². The Morgan fingerprint density at radius 2 is 1.62 bits per heavy atom. The van der Waals surface area contributed by atoms with E-state index in [1.54, 1.807) is 30.3 Å². The number of aliphatic hydroxyl groups excluding tert-OH is 1. The van der Waals surface area contributed by atoms with Gasteiger partial charge in [0.2, 0.25) is 5.75 Å². The topological polar surface area (TPSA) is 119 Å². The average Bonchev–Trinajstić information content (AvgIpc) is 2.93. The number of carboxylic acids is 1. The maximum atomic E-state index is 12.4. The summed E-state index contributed by atoms with van der Waals surface area (Å²) in [4.78, 5) is 16.8.